The van der Waals surface area contributed by atoms with Crippen molar-refractivity contribution in [1.82, 2.24) is 40.0 Å². The van der Waals surface area contributed by atoms with E-state index in [0.29, 0.717) is 42.2 Å². The third kappa shape index (κ3) is 5.33. The highest BCUT2D eigenvalue weighted by Gasteiger charge is 2.30. The van der Waals surface area contributed by atoms with E-state index in [2.05, 4.69) is 30.9 Å². The lowest BCUT2D eigenvalue weighted by atomic mass is 9.97. The van der Waals surface area contributed by atoms with Gasteiger partial charge in [0.2, 0.25) is 0 Å². The highest BCUT2D eigenvalue weighted by molar-refractivity contribution is 5.98. The van der Waals surface area contributed by atoms with Crippen molar-refractivity contribution in [2.75, 3.05) is 0 Å². The van der Waals surface area contributed by atoms with Gasteiger partial charge in [-0.2, -0.15) is 5.10 Å². The van der Waals surface area contributed by atoms with Crippen LogP contribution in [0, 0.1) is 6.92 Å². The summed E-state index contributed by atoms with van der Waals surface area (Å²) in [6.07, 6.45) is 4.53. The third-order valence-electron chi connectivity index (χ3n) is 8.15. The number of amides is 2. The Kier molecular flexibility index (Phi) is 7.02. The summed E-state index contributed by atoms with van der Waals surface area (Å²) >= 11 is 0. The minimum atomic E-state index is -0.600. The van der Waals surface area contributed by atoms with Gasteiger partial charge in [0.15, 0.2) is 11.5 Å². The molecule has 4 heterocycles. The fraction of sp³-hybridized carbons (Fsp3) is 0.303. The molecule has 0 bridgehead atoms. The quantitative estimate of drug-likeness (QED) is 0.270. The van der Waals surface area contributed by atoms with Crippen LogP contribution in [0.5, 0.6) is 5.75 Å². The Hall–Kier alpha value is -5.59. The van der Waals surface area contributed by atoms with Crippen LogP contribution in [0.3, 0.4) is 0 Å². The second kappa shape index (κ2) is 11.1. The molecule has 1 aliphatic heterocycles. The van der Waals surface area contributed by atoms with Crippen LogP contribution in [-0.4, -0.2) is 52.7 Å². The Morgan fingerprint density at radius 3 is 2.76 bits per heavy atom. The number of carbonyl (C=O) groups excluding carboxylic acids is 3. The van der Waals surface area contributed by atoms with Gasteiger partial charge in [-0.15, -0.1) is 10.2 Å². The molecule has 7 rings (SSSR count). The summed E-state index contributed by atoms with van der Waals surface area (Å²) in [5, 5.41) is 18.3. The summed E-state index contributed by atoms with van der Waals surface area (Å²) in [5.74, 6) is 0.202. The van der Waals surface area contributed by atoms with Crippen LogP contribution in [0.4, 0.5) is 0 Å². The Labute approximate surface area is 263 Å². The Morgan fingerprint density at radius 1 is 1.09 bits per heavy atom. The molecule has 234 valence electrons. The monoisotopic (exact) mass is 620 g/mol. The SMILES string of the molecule is Cc1c(C(=O)OC(C)(C)C)ccc2c1CC[C@@H]2NC(=O)c1cc(C(=O)NCc2ccc3c(c2)-n2cnnc2CO3)nc2ccnn12. The van der Waals surface area contributed by atoms with Crippen LogP contribution in [0.15, 0.2) is 55.0 Å². The van der Waals surface area contributed by atoms with E-state index < -0.39 is 17.4 Å². The van der Waals surface area contributed by atoms with Gasteiger partial charge >= 0.3 is 5.97 Å². The largest absolute Gasteiger partial charge is 0.483 e. The van der Waals surface area contributed by atoms with E-state index in [-0.39, 0.29) is 29.9 Å². The van der Waals surface area contributed by atoms with Gasteiger partial charge in [-0.05, 0) is 81.0 Å². The first-order valence-electron chi connectivity index (χ1n) is 15.0. The molecule has 0 fully saturated rings. The molecule has 1 aliphatic carbocycles. The van der Waals surface area contributed by atoms with Crippen molar-refractivity contribution in [2.24, 2.45) is 0 Å². The molecule has 1 atom stereocenters. The number of fused-ring (bicyclic) bond motifs is 5. The van der Waals surface area contributed by atoms with Crippen LogP contribution in [0.2, 0.25) is 0 Å². The first-order valence-corrected chi connectivity index (χ1v) is 15.0. The van der Waals surface area contributed by atoms with Crippen molar-refractivity contribution in [2.45, 2.75) is 65.3 Å². The number of carbonyl (C=O) groups is 3. The van der Waals surface area contributed by atoms with Crippen molar-refractivity contribution >= 4 is 23.4 Å². The number of aromatic nitrogens is 6. The molecule has 46 heavy (non-hydrogen) atoms. The minimum absolute atomic E-state index is 0.0882. The zero-order chi connectivity index (χ0) is 32.2. The van der Waals surface area contributed by atoms with Gasteiger partial charge in [0.25, 0.3) is 11.8 Å². The number of esters is 1. The summed E-state index contributed by atoms with van der Waals surface area (Å²) in [5.41, 5.74) is 5.03. The molecule has 2 aliphatic rings. The van der Waals surface area contributed by atoms with Crippen LogP contribution in [-0.2, 0) is 24.3 Å². The maximum absolute atomic E-state index is 13.7. The normalized spacial score (nSPS) is 15.0. The highest BCUT2D eigenvalue weighted by atomic mass is 16.6. The predicted octanol–water partition coefficient (Wildman–Crippen LogP) is 3.81. The molecule has 0 saturated carbocycles. The minimum Gasteiger partial charge on any atom is -0.483 e. The van der Waals surface area contributed by atoms with E-state index in [0.717, 1.165) is 27.9 Å². The van der Waals surface area contributed by atoms with Crippen molar-refractivity contribution in [1.29, 1.82) is 0 Å². The smallest absolute Gasteiger partial charge is 0.338 e. The highest BCUT2D eigenvalue weighted by Crippen LogP contribution is 2.35. The number of hydrogen-bond acceptors (Lipinski definition) is 9. The Balaban J connectivity index is 1.08. The van der Waals surface area contributed by atoms with Gasteiger partial charge in [0.05, 0.1) is 23.5 Å². The molecular formula is C33H32N8O5. The summed E-state index contributed by atoms with van der Waals surface area (Å²) < 4.78 is 14.6. The Morgan fingerprint density at radius 2 is 1.93 bits per heavy atom. The summed E-state index contributed by atoms with van der Waals surface area (Å²) in [6, 6.07) is 12.1. The molecule has 2 aromatic carbocycles. The molecule has 13 nitrogen and oxygen atoms in total. The topological polar surface area (TPSA) is 155 Å². The Bertz CT molecular complexity index is 2040. The van der Waals surface area contributed by atoms with Gasteiger partial charge in [-0.3, -0.25) is 14.2 Å². The number of benzene rings is 2. The van der Waals surface area contributed by atoms with Crippen LogP contribution >= 0.6 is 0 Å². The van der Waals surface area contributed by atoms with Crippen LogP contribution in [0.25, 0.3) is 11.3 Å². The molecule has 2 amide bonds. The van der Waals surface area contributed by atoms with Crippen molar-refractivity contribution < 1.29 is 23.9 Å². The predicted molar refractivity (Wildman–Crippen MR) is 165 cm³/mol. The lowest BCUT2D eigenvalue weighted by Crippen LogP contribution is -2.30. The molecule has 0 unspecified atom stereocenters. The zero-order valence-corrected chi connectivity index (χ0v) is 25.8. The van der Waals surface area contributed by atoms with Gasteiger partial charge in [-0.25, -0.2) is 14.3 Å². The first-order chi connectivity index (χ1) is 22.1. The van der Waals surface area contributed by atoms with E-state index in [1.807, 2.05) is 56.5 Å². The maximum Gasteiger partial charge on any atom is 0.338 e. The van der Waals surface area contributed by atoms with Gasteiger partial charge in [-0.1, -0.05) is 12.1 Å². The van der Waals surface area contributed by atoms with E-state index in [9.17, 15) is 14.4 Å². The van der Waals surface area contributed by atoms with Crippen LogP contribution < -0.4 is 15.4 Å². The molecule has 5 aromatic rings. The van der Waals surface area contributed by atoms with E-state index in [1.54, 1.807) is 18.5 Å². The number of nitrogens with one attached hydrogen (secondary N) is 2. The van der Waals surface area contributed by atoms with E-state index >= 15 is 0 Å². The molecule has 13 heteroatoms. The van der Waals surface area contributed by atoms with Crippen molar-refractivity contribution in [3.63, 3.8) is 0 Å². The van der Waals surface area contributed by atoms with Crippen molar-refractivity contribution in [3.05, 3.63) is 100 Å². The number of hydrogen-bond donors (Lipinski definition) is 2. The summed E-state index contributed by atoms with van der Waals surface area (Å²) in [7, 11) is 0. The molecule has 0 spiro atoms. The van der Waals surface area contributed by atoms with Gasteiger partial charge < -0.3 is 20.1 Å². The molecule has 2 N–H and O–H groups in total. The molecule has 0 saturated heterocycles. The lowest BCUT2D eigenvalue weighted by Gasteiger charge is -2.21. The summed E-state index contributed by atoms with van der Waals surface area (Å²) in [4.78, 5) is 44.2. The fourth-order valence-corrected chi connectivity index (χ4v) is 5.96. The molecule has 3 aromatic heterocycles. The number of ether oxygens (including phenoxy) is 2. The molecular weight excluding hydrogens is 588 g/mol. The first kappa shape index (κ1) is 29.1. The molecule has 0 radical (unpaired) electrons. The van der Waals surface area contributed by atoms with Gasteiger partial charge in [0, 0.05) is 18.7 Å². The van der Waals surface area contributed by atoms with Crippen molar-refractivity contribution in [3.8, 4) is 11.4 Å². The van der Waals surface area contributed by atoms with E-state index in [1.165, 1.54) is 16.8 Å². The average molecular weight is 621 g/mol. The van der Waals surface area contributed by atoms with E-state index in [4.69, 9.17) is 9.47 Å². The number of rotatable bonds is 6. The standard InChI is InChI=1S/C33H32N8O5/c1-18-20-8-9-23(22(20)7-6-21(18)32(44)46-33(2,3)4)38-31(43)26-14-24(37-28-11-12-36-41(26)28)30(42)34-15-19-5-10-27-25(13-19)40-17-35-39-29(40)16-45-27/h5-7,10-14,17,23H,8-9,15-16H2,1-4H3,(H,34,42)(H,38,43)/t23-/m0/s1. The summed E-state index contributed by atoms with van der Waals surface area (Å²) in [6.45, 7) is 7.98. The maximum atomic E-state index is 13.7. The second-order valence-electron chi connectivity index (χ2n) is 12.4. The fourth-order valence-electron chi connectivity index (χ4n) is 5.96. The average Bonchev–Trinajstić information content (AvgIpc) is 3.79. The lowest BCUT2D eigenvalue weighted by molar-refractivity contribution is 0.00683. The number of nitrogens with zero attached hydrogens (tertiary/aromatic N) is 6. The zero-order valence-electron chi connectivity index (χ0n) is 25.8. The third-order valence-corrected chi connectivity index (χ3v) is 8.15. The second-order valence-corrected chi connectivity index (χ2v) is 12.4. The van der Waals surface area contributed by atoms with Crippen LogP contribution in [0.1, 0.15) is 92.6 Å². The van der Waals surface area contributed by atoms with Gasteiger partial charge in [0.1, 0.15) is 35.7 Å².